The number of ether oxygens (including phenoxy) is 1. The SMILES string of the molecule is C=CCOC(=O)CCSSCCC(=O)O. The molecule has 0 heterocycles. The van der Waals surface area contributed by atoms with Crippen LogP contribution in [-0.2, 0) is 14.3 Å². The molecule has 0 radical (unpaired) electrons. The molecule has 0 atom stereocenters. The number of aliphatic carboxylic acids is 1. The first-order valence-corrected chi connectivity index (χ1v) is 6.88. The van der Waals surface area contributed by atoms with Gasteiger partial charge < -0.3 is 9.84 Å². The minimum absolute atomic E-state index is 0.151. The maximum Gasteiger partial charge on any atom is 0.306 e. The van der Waals surface area contributed by atoms with E-state index in [2.05, 4.69) is 6.58 Å². The topological polar surface area (TPSA) is 63.6 Å². The van der Waals surface area contributed by atoms with Crippen molar-refractivity contribution in [3.8, 4) is 0 Å². The van der Waals surface area contributed by atoms with Gasteiger partial charge in [0.2, 0.25) is 0 Å². The van der Waals surface area contributed by atoms with E-state index < -0.39 is 5.97 Å². The summed E-state index contributed by atoms with van der Waals surface area (Å²) < 4.78 is 4.76. The lowest BCUT2D eigenvalue weighted by atomic mass is 10.5. The summed E-state index contributed by atoms with van der Waals surface area (Å²) in [5.41, 5.74) is 0. The van der Waals surface area contributed by atoms with Crippen molar-refractivity contribution in [3.05, 3.63) is 12.7 Å². The van der Waals surface area contributed by atoms with E-state index in [0.717, 1.165) is 0 Å². The van der Waals surface area contributed by atoms with Crippen molar-refractivity contribution in [3.63, 3.8) is 0 Å². The molecule has 0 saturated heterocycles. The van der Waals surface area contributed by atoms with Crippen molar-refractivity contribution < 1.29 is 19.4 Å². The number of carbonyl (C=O) groups is 2. The van der Waals surface area contributed by atoms with Crippen LogP contribution in [0, 0.1) is 0 Å². The molecular weight excluding hydrogens is 236 g/mol. The number of carboxylic acids is 1. The molecular formula is C9H14O4S2. The summed E-state index contributed by atoms with van der Waals surface area (Å²) in [6.45, 7) is 3.67. The Morgan fingerprint density at radius 3 is 2.40 bits per heavy atom. The first kappa shape index (κ1) is 14.4. The third-order valence-corrected chi connectivity index (χ3v) is 3.64. The summed E-state index contributed by atoms with van der Waals surface area (Å²) in [6, 6.07) is 0. The zero-order valence-electron chi connectivity index (χ0n) is 8.31. The molecule has 0 aliphatic carbocycles. The smallest absolute Gasteiger partial charge is 0.306 e. The molecule has 86 valence electrons. The zero-order chi connectivity index (χ0) is 11.5. The Kier molecular flexibility index (Phi) is 9.51. The van der Waals surface area contributed by atoms with Crippen molar-refractivity contribution in [2.45, 2.75) is 12.8 Å². The van der Waals surface area contributed by atoms with E-state index in [9.17, 15) is 9.59 Å². The van der Waals surface area contributed by atoms with Gasteiger partial charge in [-0.25, -0.2) is 0 Å². The van der Waals surface area contributed by atoms with Gasteiger partial charge in [0, 0.05) is 11.5 Å². The lowest BCUT2D eigenvalue weighted by molar-refractivity contribution is -0.142. The fourth-order valence-electron chi connectivity index (χ4n) is 0.596. The van der Waals surface area contributed by atoms with Gasteiger partial charge in [-0.2, -0.15) is 0 Å². The van der Waals surface area contributed by atoms with Gasteiger partial charge in [-0.15, -0.1) is 0 Å². The molecule has 0 unspecified atom stereocenters. The average molecular weight is 250 g/mol. The van der Waals surface area contributed by atoms with Gasteiger partial charge in [0.05, 0.1) is 12.8 Å². The van der Waals surface area contributed by atoms with Gasteiger partial charge in [0.25, 0.3) is 0 Å². The number of esters is 1. The van der Waals surface area contributed by atoms with E-state index in [1.165, 1.54) is 27.7 Å². The molecule has 0 bridgehead atoms. The van der Waals surface area contributed by atoms with Crippen LogP contribution >= 0.6 is 21.6 Å². The molecule has 0 aromatic carbocycles. The van der Waals surface area contributed by atoms with Crippen LogP contribution in [0.4, 0.5) is 0 Å². The first-order valence-electron chi connectivity index (χ1n) is 4.39. The van der Waals surface area contributed by atoms with E-state index in [4.69, 9.17) is 9.84 Å². The van der Waals surface area contributed by atoms with E-state index in [1.54, 1.807) is 0 Å². The summed E-state index contributed by atoms with van der Waals surface area (Å²) in [7, 11) is 2.94. The van der Waals surface area contributed by atoms with Gasteiger partial charge in [0.1, 0.15) is 6.61 Å². The molecule has 4 nitrogen and oxygen atoms in total. The minimum Gasteiger partial charge on any atom is -0.481 e. The van der Waals surface area contributed by atoms with Crippen LogP contribution in [0.2, 0.25) is 0 Å². The van der Waals surface area contributed by atoms with Gasteiger partial charge in [0.15, 0.2) is 0 Å². The highest BCUT2D eigenvalue weighted by molar-refractivity contribution is 8.76. The van der Waals surface area contributed by atoms with Crippen molar-refractivity contribution in [2.24, 2.45) is 0 Å². The van der Waals surface area contributed by atoms with Crippen LogP contribution < -0.4 is 0 Å². The van der Waals surface area contributed by atoms with Crippen molar-refractivity contribution in [1.82, 2.24) is 0 Å². The number of hydrogen-bond acceptors (Lipinski definition) is 5. The molecule has 0 aliphatic rings. The Hall–Kier alpha value is -0.620. The van der Waals surface area contributed by atoms with E-state index in [-0.39, 0.29) is 19.0 Å². The predicted molar refractivity (Wildman–Crippen MR) is 62.9 cm³/mol. The zero-order valence-corrected chi connectivity index (χ0v) is 9.94. The molecule has 1 N–H and O–H groups in total. The quantitative estimate of drug-likeness (QED) is 0.292. The second-order valence-corrected chi connectivity index (χ2v) is 5.21. The minimum atomic E-state index is -0.798. The lowest BCUT2D eigenvalue weighted by Crippen LogP contribution is -2.04. The number of hydrogen-bond donors (Lipinski definition) is 1. The summed E-state index contributed by atoms with van der Waals surface area (Å²) in [5, 5.41) is 8.35. The number of carboxylic acid groups (broad SMARTS) is 1. The Morgan fingerprint density at radius 1 is 1.27 bits per heavy atom. The lowest BCUT2D eigenvalue weighted by Gasteiger charge is -2.01. The van der Waals surface area contributed by atoms with Crippen LogP contribution in [0.5, 0.6) is 0 Å². The van der Waals surface area contributed by atoms with Gasteiger partial charge in [-0.1, -0.05) is 34.2 Å². The van der Waals surface area contributed by atoms with Crippen LogP contribution in [0.1, 0.15) is 12.8 Å². The van der Waals surface area contributed by atoms with Crippen LogP contribution in [0.25, 0.3) is 0 Å². The molecule has 0 rings (SSSR count). The summed E-state index contributed by atoms with van der Waals surface area (Å²) in [6.07, 6.45) is 2.02. The van der Waals surface area contributed by atoms with Crippen LogP contribution in [0.15, 0.2) is 12.7 Å². The molecule has 0 spiro atoms. The molecule has 0 aromatic rings. The average Bonchev–Trinajstić information content (AvgIpc) is 2.19. The fraction of sp³-hybridized carbons (Fsp3) is 0.556. The Balaban J connectivity index is 3.19. The van der Waals surface area contributed by atoms with E-state index in [0.29, 0.717) is 17.9 Å². The maximum atomic E-state index is 11.0. The van der Waals surface area contributed by atoms with Crippen molar-refractivity contribution >= 4 is 33.5 Å². The van der Waals surface area contributed by atoms with Gasteiger partial charge in [-0.3, -0.25) is 9.59 Å². The molecule has 0 amide bonds. The molecule has 0 saturated carbocycles. The van der Waals surface area contributed by atoms with Crippen molar-refractivity contribution in [2.75, 3.05) is 18.1 Å². The Labute approximate surface area is 96.8 Å². The second-order valence-electron chi connectivity index (χ2n) is 2.51. The summed E-state index contributed by atoms with van der Waals surface area (Å²) in [5.74, 6) is 0.150. The van der Waals surface area contributed by atoms with Crippen LogP contribution in [-0.4, -0.2) is 35.2 Å². The molecule has 0 fully saturated rings. The maximum absolute atomic E-state index is 11.0. The standard InChI is InChI=1S/C9H14O4S2/c1-2-5-13-9(12)4-7-15-14-6-3-8(10)11/h2H,1,3-7H2,(H,10,11). The molecule has 15 heavy (non-hydrogen) atoms. The molecule has 0 aromatic heterocycles. The summed E-state index contributed by atoms with van der Waals surface area (Å²) >= 11 is 0. The molecule has 6 heteroatoms. The Bertz CT molecular complexity index is 218. The predicted octanol–water partition coefficient (Wildman–Crippen LogP) is 1.96. The third kappa shape index (κ3) is 11.3. The highest BCUT2D eigenvalue weighted by Crippen LogP contribution is 2.22. The first-order chi connectivity index (χ1) is 7.16. The van der Waals surface area contributed by atoms with E-state index in [1.807, 2.05) is 0 Å². The van der Waals surface area contributed by atoms with Crippen LogP contribution in [0.3, 0.4) is 0 Å². The number of rotatable bonds is 9. The normalized spacial score (nSPS) is 9.60. The van der Waals surface area contributed by atoms with E-state index >= 15 is 0 Å². The van der Waals surface area contributed by atoms with Gasteiger partial charge in [-0.05, 0) is 0 Å². The Morgan fingerprint density at radius 2 is 1.87 bits per heavy atom. The number of carbonyl (C=O) groups excluding carboxylic acids is 1. The van der Waals surface area contributed by atoms with Crippen molar-refractivity contribution in [1.29, 1.82) is 0 Å². The summed E-state index contributed by atoms with van der Waals surface area (Å²) in [4.78, 5) is 21.1. The van der Waals surface area contributed by atoms with Gasteiger partial charge >= 0.3 is 11.9 Å². The largest absolute Gasteiger partial charge is 0.481 e. The second kappa shape index (κ2) is 9.92. The monoisotopic (exact) mass is 250 g/mol. The molecule has 0 aliphatic heterocycles. The fourth-order valence-corrected chi connectivity index (χ4v) is 2.55. The third-order valence-electron chi connectivity index (χ3n) is 1.23. The highest BCUT2D eigenvalue weighted by atomic mass is 33.1. The highest BCUT2D eigenvalue weighted by Gasteiger charge is 2.02.